The van der Waals surface area contributed by atoms with Crippen LogP contribution in [-0.4, -0.2) is 40.7 Å². The predicted octanol–water partition coefficient (Wildman–Crippen LogP) is 3.10. The highest BCUT2D eigenvalue weighted by atomic mass is 35.5. The van der Waals surface area contributed by atoms with Gasteiger partial charge in [-0.2, -0.15) is 0 Å². The fourth-order valence-corrected chi connectivity index (χ4v) is 3.62. The predicted molar refractivity (Wildman–Crippen MR) is 99.1 cm³/mol. The van der Waals surface area contributed by atoms with E-state index in [1.165, 1.54) is 0 Å². The molecule has 0 aliphatic carbocycles. The first-order valence-electron chi connectivity index (χ1n) is 8.64. The lowest BCUT2D eigenvalue weighted by Crippen LogP contribution is -2.42. The Morgan fingerprint density at radius 3 is 2.38 bits per heavy atom. The van der Waals surface area contributed by atoms with Gasteiger partial charge < -0.3 is 15.6 Å². The van der Waals surface area contributed by atoms with Gasteiger partial charge in [-0.05, 0) is 51.5 Å². The Morgan fingerprint density at radius 2 is 1.92 bits per heavy atom. The standard InChI is InChI=1S/C18H29N3O2.ClH/c1-5-6-15-16(13(4)22)12(3)20-17(15)18(23)21-9-7-14(8-10-21)11(2)19;/h11,14,20H,5-10,19H2,1-4H3;1H. The molecule has 0 saturated carbocycles. The van der Waals surface area contributed by atoms with Crippen molar-refractivity contribution in [2.24, 2.45) is 11.7 Å². The van der Waals surface area contributed by atoms with Crippen molar-refractivity contribution < 1.29 is 9.59 Å². The Kier molecular flexibility index (Phi) is 7.49. The molecule has 1 fully saturated rings. The van der Waals surface area contributed by atoms with Gasteiger partial charge in [0.2, 0.25) is 0 Å². The van der Waals surface area contributed by atoms with E-state index in [1.807, 2.05) is 18.7 Å². The molecule has 3 N–H and O–H groups in total. The molecule has 1 aromatic rings. The molecule has 2 heterocycles. The highest BCUT2D eigenvalue weighted by Gasteiger charge is 2.29. The van der Waals surface area contributed by atoms with Crippen LogP contribution in [-0.2, 0) is 6.42 Å². The van der Waals surface area contributed by atoms with Crippen molar-refractivity contribution >= 4 is 24.1 Å². The Balaban J connectivity index is 0.00000288. The van der Waals surface area contributed by atoms with E-state index in [9.17, 15) is 9.59 Å². The lowest BCUT2D eigenvalue weighted by Gasteiger charge is -2.33. The van der Waals surface area contributed by atoms with Crippen LogP contribution in [0.5, 0.6) is 0 Å². The molecule has 1 aliphatic heterocycles. The van der Waals surface area contributed by atoms with Gasteiger partial charge in [0, 0.05) is 30.4 Å². The number of amides is 1. The number of ketones is 1. The number of hydrogen-bond donors (Lipinski definition) is 2. The number of aryl methyl sites for hydroxylation is 1. The second kappa shape index (κ2) is 8.67. The number of piperidine rings is 1. The van der Waals surface area contributed by atoms with Gasteiger partial charge in [-0.1, -0.05) is 13.3 Å². The Labute approximate surface area is 150 Å². The molecule has 1 amide bonds. The van der Waals surface area contributed by atoms with Crippen LogP contribution in [0.2, 0.25) is 0 Å². The number of halogens is 1. The quantitative estimate of drug-likeness (QED) is 0.796. The fraction of sp³-hybridized carbons (Fsp3) is 0.667. The number of carbonyl (C=O) groups excluding carboxylic acids is 2. The molecule has 1 unspecified atom stereocenters. The molecule has 136 valence electrons. The topological polar surface area (TPSA) is 79.2 Å². The van der Waals surface area contributed by atoms with Crippen molar-refractivity contribution in [2.75, 3.05) is 13.1 Å². The van der Waals surface area contributed by atoms with Crippen LogP contribution in [0.25, 0.3) is 0 Å². The van der Waals surface area contributed by atoms with Crippen LogP contribution < -0.4 is 5.73 Å². The second-order valence-electron chi connectivity index (χ2n) is 6.77. The first-order valence-corrected chi connectivity index (χ1v) is 8.64. The molecule has 24 heavy (non-hydrogen) atoms. The molecule has 1 aliphatic rings. The Morgan fingerprint density at radius 1 is 1.33 bits per heavy atom. The maximum atomic E-state index is 12.9. The summed E-state index contributed by atoms with van der Waals surface area (Å²) in [6.07, 6.45) is 3.55. The van der Waals surface area contributed by atoms with Crippen molar-refractivity contribution in [3.8, 4) is 0 Å². The van der Waals surface area contributed by atoms with E-state index >= 15 is 0 Å². The first-order chi connectivity index (χ1) is 10.9. The minimum absolute atomic E-state index is 0. The minimum atomic E-state index is 0. The van der Waals surface area contributed by atoms with Gasteiger partial charge in [0.1, 0.15) is 5.69 Å². The molecule has 5 nitrogen and oxygen atoms in total. The smallest absolute Gasteiger partial charge is 0.270 e. The highest BCUT2D eigenvalue weighted by molar-refractivity contribution is 6.02. The van der Waals surface area contributed by atoms with Crippen molar-refractivity contribution in [3.63, 3.8) is 0 Å². The number of aromatic nitrogens is 1. The van der Waals surface area contributed by atoms with Crippen molar-refractivity contribution in [1.82, 2.24) is 9.88 Å². The lowest BCUT2D eigenvalue weighted by molar-refractivity contribution is 0.0674. The monoisotopic (exact) mass is 355 g/mol. The maximum absolute atomic E-state index is 12.9. The number of Topliss-reactive ketones (excluding diaryl/α,β-unsaturated/α-hetero) is 1. The van der Waals surface area contributed by atoms with E-state index < -0.39 is 0 Å². The average Bonchev–Trinajstić information content (AvgIpc) is 2.83. The summed E-state index contributed by atoms with van der Waals surface area (Å²) in [4.78, 5) is 29.9. The molecule has 0 aromatic carbocycles. The van der Waals surface area contributed by atoms with E-state index in [-0.39, 0.29) is 30.1 Å². The SMILES string of the molecule is CCCc1c(C(=O)N2CCC(C(C)N)CC2)[nH]c(C)c1C(C)=O.Cl. The minimum Gasteiger partial charge on any atom is -0.354 e. The first kappa shape index (κ1) is 20.7. The van der Waals surface area contributed by atoms with Crippen LogP contribution in [0.4, 0.5) is 0 Å². The number of rotatable bonds is 5. The summed E-state index contributed by atoms with van der Waals surface area (Å²) in [5.74, 6) is 0.538. The lowest BCUT2D eigenvalue weighted by atomic mass is 9.90. The van der Waals surface area contributed by atoms with Crippen molar-refractivity contribution in [1.29, 1.82) is 0 Å². The summed E-state index contributed by atoms with van der Waals surface area (Å²) in [5.41, 5.74) is 8.96. The number of likely N-dealkylation sites (tertiary alicyclic amines) is 1. The molecule has 1 saturated heterocycles. The van der Waals surface area contributed by atoms with E-state index in [0.29, 0.717) is 17.2 Å². The van der Waals surface area contributed by atoms with Gasteiger partial charge in [0.15, 0.2) is 5.78 Å². The van der Waals surface area contributed by atoms with Crippen LogP contribution in [0.1, 0.15) is 72.1 Å². The zero-order chi connectivity index (χ0) is 17.1. The average molecular weight is 356 g/mol. The van der Waals surface area contributed by atoms with Gasteiger partial charge in [-0.3, -0.25) is 9.59 Å². The number of hydrogen-bond acceptors (Lipinski definition) is 3. The van der Waals surface area contributed by atoms with E-state index in [2.05, 4.69) is 11.9 Å². The number of nitrogens with zero attached hydrogens (tertiary/aromatic N) is 1. The van der Waals surface area contributed by atoms with Gasteiger partial charge >= 0.3 is 0 Å². The fourth-order valence-electron chi connectivity index (χ4n) is 3.62. The number of nitrogens with one attached hydrogen (secondary N) is 1. The molecule has 1 aromatic heterocycles. The molecule has 6 heteroatoms. The van der Waals surface area contributed by atoms with E-state index in [4.69, 9.17) is 5.73 Å². The summed E-state index contributed by atoms with van der Waals surface area (Å²) in [6, 6.07) is 0.181. The van der Waals surface area contributed by atoms with Crippen molar-refractivity contribution in [2.45, 2.75) is 59.4 Å². The zero-order valence-electron chi connectivity index (χ0n) is 15.1. The molecular weight excluding hydrogens is 326 g/mol. The van der Waals surface area contributed by atoms with Crippen LogP contribution in [0.3, 0.4) is 0 Å². The number of aromatic amines is 1. The largest absolute Gasteiger partial charge is 0.354 e. The molecule has 2 rings (SSSR count). The molecule has 1 atom stereocenters. The summed E-state index contributed by atoms with van der Waals surface area (Å²) in [5, 5.41) is 0. The van der Waals surface area contributed by atoms with Crippen LogP contribution >= 0.6 is 12.4 Å². The third-order valence-corrected chi connectivity index (χ3v) is 4.93. The molecule has 0 radical (unpaired) electrons. The van der Waals surface area contributed by atoms with E-state index in [0.717, 1.165) is 50.0 Å². The summed E-state index contributed by atoms with van der Waals surface area (Å²) in [7, 11) is 0. The zero-order valence-corrected chi connectivity index (χ0v) is 16.0. The Hall–Kier alpha value is -1.33. The van der Waals surface area contributed by atoms with Crippen molar-refractivity contribution in [3.05, 3.63) is 22.5 Å². The van der Waals surface area contributed by atoms with Gasteiger partial charge in [-0.15, -0.1) is 12.4 Å². The summed E-state index contributed by atoms with van der Waals surface area (Å²) in [6.45, 7) is 9.02. The molecular formula is C18H30ClN3O2. The van der Waals surface area contributed by atoms with E-state index in [1.54, 1.807) is 6.92 Å². The molecule has 0 spiro atoms. The Bertz CT molecular complexity index is 587. The number of carbonyl (C=O) groups is 2. The number of nitrogens with two attached hydrogens (primary N) is 1. The highest BCUT2D eigenvalue weighted by Crippen LogP contribution is 2.25. The third-order valence-electron chi connectivity index (χ3n) is 4.93. The third kappa shape index (κ3) is 4.19. The van der Waals surface area contributed by atoms with Crippen LogP contribution in [0.15, 0.2) is 0 Å². The molecule has 0 bridgehead atoms. The van der Waals surface area contributed by atoms with Gasteiger partial charge in [-0.25, -0.2) is 0 Å². The number of H-pyrrole nitrogens is 1. The second-order valence-corrected chi connectivity index (χ2v) is 6.77. The summed E-state index contributed by atoms with van der Waals surface area (Å²) < 4.78 is 0. The van der Waals surface area contributed by atoms with Gasteiger partial charge in [0.05, 0.1) is 0 Å². The normalized spacial score (nSPS) is 16.6. The summed E-state index contributed by atoms with van der Waals surface area (Å²) >= 11 is 0. The van der Waals surface area contributed by atoms with Gasteiger partial charge in [0.25, 0.3) is 5.91 Å². The van der Waals surface area contributed by atoms with Crippen LogP contribution in [0, 0.1) is 12.8 Å². The maximum Gasteiger partial charge on any atom is 0.270 e.